The van der Waals surface area contributed by atoms with Gasteiger partial charge in [-0.15, -0.1) is 11.3 Å². The van der Waals surface area contributed by atoms with E-state index in [2.05, 4.69) is 68.6 Å². The summed E-state index contributed by atoms with van der Waals surface area (Å²) < 4.78 is 5.35. The van der Waals surface area contributed by atoms with Crippen LogP contribution in [0.15, 0.2) is 34.6 Å². The third-order valence-electron chi connectivity index (χ3n) is 4.99. The molecule has 0 aliphatic heterocycles. The van der Waals surface area contributed by atoms with Gasteiger partial charge in [0.05, 0.1) is 12.2 Å². The van der Waals surface area contributed by atoms with Gasteiger partial charge < -0.3 is 15.0 Å². The summed E-state index contributed by atoms with van der Waals surface area (Å²) in [5.74, 6) is 0.855. The Morgan fingerprint density at radius 2 is 1.97 bits per heavy atom. The predicted molar refractivity (Wildman–Crippen MR) is 122 cm³/mol. The molecule has 1 atom stereocenters. The SMILES string of the molecule is CCN(CC)Cc1cccc(CNC(=NC)N(C)Cc2csc(C(C)OC)n2)c1. The van der Waals surface area contributed by atoms with Crippen molar-refractivity contribution in [2.75, 3.05) is 34.3 Å². The van der Waals surface area contributed by atoms with E-state index in [-0.39, 0.29) is 6.10 Å². The van der Waals surface area contributed by atoms with Crippen LogP contribution in [-0.4, -0.2) is 55.0 Å². The Labute approximate surface area is 179 Å². The van der Waals surface area contributed by atoms with Crippen LogP contribution >= 0.6 is 11.3 Å². The number of methoxy groups -OCH3 is 1. The number of thiazole rings is 1. The molecule has 1 aromatic carbocycles. The molecule has 1 N–H and O–H groups in total. The number of ether oxygens (including phenoxy) is 1. The molecule has 1 heterocycles. The number of aliphatic imine (C=N–C) groups is 1. The lowest BCUT2D eigenvalue weighted by atomic mass is 10.1. The Morgan fingerprint density at radius 1 is 1.24 bits per heavy atom. The van der Waals surface area contributed by atoms with E-state index in [0.29, 0.717) is 6.54 Å². The third kappa shape index (κ3) is 7.10. The molecule has 160 valence electrons. The third-order valence-corrected chi connectivity index (χ3v) is 6.04. The molecule has 0 saturated heterocycles. The monoisotopic (exact) mass is 417 g/mol. The smallest absolute Gasteiger partial charge is 0.194 e. The summed E-state index contributed by atoms with van der Waals surface area (Å²) in [5.41, 5.74) is 3.63. The molecule has 0 saturated carbocycles. The second-order valence-corrected chi connectivity index (χ2v) is 7.98. The largest absolute Gasteiger partial charge is 0.375 e. The molecule has 0 bridgehead atoms. The van der Waals surface area contributed by atoms with Crippen molar-refractivity contribution in [1.82, 2.24) is 20.1 Å². The zero-order valence-corrected chi connectivity index (χ0v) is 19.4. The Bertz CT molecular complexity index is 772. The molecule has 0 fully saturated rings. The Kier molecular flexibility index (Phi) is 9.57. The van der Waals surface area contributed by atoms with Gasteiger partial charge in [-0.3, -0.25) is 9.89 Å². The molecule has 2 rings (SSSR count). The highest BCUT2D eigenvalue weighted by Crippen LogP contribution is 2.21. The topological polar surface area (TPSA) is 53.0 Å². The van der Waals surface area contributed by atoms with Gasteiger partial charge in [0.1, 0.15) is 11.1 Å². The normalized spacial score (nSPS) is 13.0. The van der Waals surface area contributed by atoms with Gasteiger partial charge in [-0.05, 0) is 31.1 Å². The summed E-state index contributed by atoms with van der Waals surface area (Å²) in [6.45, 7) is 11.0. The van der Waals surface area contributed by atoms with Gasteiger partial charge in [0.15, 0.2) is 5.96 Å². The van der Waals surface area contributed by atoms with E-state index in [9.17, 15) is 0 Å². The fourth-order valence-electron chi connectivity index (χ4n) is 3.11. The van der Waals surface area contributed by atoms with Crippen molar-refractivity contribution in [3.8, 4) is 0 Å². The summed E-state index contributed by atoms with van der Waals surface area (Å²) >= 11 is 1.64. The van der Waals surface area contributed by atoms with Crippen molar-refractivity contribution in [3.05, 3.63) is 51.5 Å². The second kappa shape index (κ2) is 11.9. The van der Waals surface area contributed by atoms with Crippen molar-refractivity contribution in [2.24, 2.45) is 4.99 Å². The summed E-state index contributed by atoms with van der Waals surface area (Å²) in [5, 5.41) is 6.56. The predicted octanol–water partition coefficient (Wildman–Crippen LogP) is 3.90. The molecule has 1 unspecified atom stereocenters. The van der Waals surface area contributed by atoms with Gasteiger partial charge >= 0.3 is 0 Å². The highest BCUT2D eigenvalue weighted by atomic mass is 32.1. The fraction of sp³-hybridized carbons (Fsp3) is 0.545. The number of hydrogen-bond donors (Lipinski definition) is 1. The molecule has 7 heteroatoms. The second-order valence-electron chi connectivity index (χ2n) is 7.09. The minimum absolute atomic E-state index is 0.0279. The zero-order chi connectivity index (χ0) is 21.2. The number of rotatable bonds is 10. The van der Waals surface area contributed by atoms with Gasteiger partial charge in [0.25, 0.3) is 0 Å². The van der Waals surface area contributed by atoms with Crippen molar-refractivity contribution in [2.45, 2.75) is 46.5 Å². The molecule has 0 aliphatic carbocycles. The highest BCUT2D eigenvalue weighted by Gasteiger charge is 2.13. The first-order chi connectivity index (χ1) is 14.0. The van der Waals surface area contributed by atoms with E-state index in [1.54, 1.807) is 18.4 Å². The van der Waals surface area contributed by atoms with Crippen LogP contribution in [-0.2, 0) is 24.4 Å². The van der Waals surface area contributed by atoms with Crippen LogP contribution in [0.4, 0.5) is 0 Å². The number of aromatic nitrogens is 1. The molecular formula is C22H35N5OS. The average Bonchev–Trinajstić information content (AvgIpc) is 3.20. The van der Waals surface area contributed by atoms with Crippen LogP contribution in [0.25, 0.3) is 0 Å². The van der Waals surface area contributed by atoms with Crippen LogP contribution in [0.3, 0.4) is 0 Å². The Balaban J connectivity index is 1.93. The van der Waals surface area contributed by atoms with Crippen LogP contribution < -0.4 is 5.32 Å². The summed E-state index contributed by atoms with van der Waals surface area (Å²) in [6.07, 6.45) is 0.0279. The standard InChI is InChI=1S/C22H35N5OS/c1-7-27(8-2)14-19-11-9-10-18(12-19)13-24-22(23-4)26(5)15-20-16-29-21(25-20)17(3)28-6/h9-12,16-17H,7-8,13-15H2,1-6H3,(H,23,24). The first kappa shape index (κ1) is 23.3. The summed E-state index contributed by atoms with van der Waals surface area (Å²) in [6, 6.07) is 8.77. The minimum Gasteiger partial charge on any atom is -0.375 e. The van der Waals surface area contributed by atoms with Crippen LogP contribution in [0.1, 0.15) is 48.7 Å². The van der Waals surface area contributed by atoms with Crippen molar-refractivity contribution < 1.29 is 4.74 Å². The van der Waals surface area contributed by atoms with Crippen LogP contribution in [0.5, 0.6) is 0 Å². The molecule has 0 amide bonds. The summed E-state index contributed by atoms with van der Waals surface area (Å²) in [4.78, 5) is 13.6. The highest BCUT2D eigenvalue weighted by molar-refractivity contribution is 7.09. The van der Waals surface area contributed by atoms with Gasteiger partial charge in [-0.25, -0.2) is 4.98 Å². The lowest BCUT2D eigenvalue weighted by molar-refractivity contribution is 0.119. The van der Waals surface area contributed by atoms with Crippen molar-refractivity contribution >= 4 is 17.3 Å². The average molecular weight is 418 g/mol. The molecule has 0 spiro atoms. The lowest BCUT2D eigenvalue weighted by Gasteiger charge is -2.22. The molecule has 0 aliphatic rings. The van der Waals surface area contributed by atoms with Crippen molar-refractivity contribution in [1.29, 1.82) is 0 Å². The first-order valence-electron chi connectivity index (χ1n) is 10.2. The summed E-state index contributed by atoms with van der Waals surface area (Å²) in [7, 11) is 5.56. The van der Waals surface area contributed by atoms with Crippen molar-refractivity contribution in [3.63, 3.8) is 0 Å². The number of nitrogens with zero attached hydrogens (tertiary/aromatic N) is 4. The molecule has 2 aromatic rings. The number of guanidine groups is 1. The van der Waals surface area contributed by atoms with E-state index < -0.39 is 0 Å². The molecule has 29 heavy (non-hydrogen) atoms. The lowest BCUT2D eigenvalue weighted by Crippen LogP contribution is -2.38. The van der Waals surface area contributed by atoms with Crippen LogP contribution in [0.2, 0.25) is 0 Å². The van der Waals surface area contributed by atoms with E-state index in [4.69, 9.17) is 4.74 Å². The molecular weight excluding hydrogens is 382 g/mol. The Morgan fingerprint density at radius 3 is 2.62 bits per heavy atom. The van der Waals surface area contributed by atoms with E-state index >= 15 is 0 Å². The quantitative estimate of drug-likeness (QED) is 0.469. The zero-order valence-electron chi connectivity index (χ0n) is 18.6. The number of nitrogens with one attached hydrogen (secondary N) is 1. The number of benzene rings is 1. The maximum absolute atomic E-state index is 5.35. The molecule has 0 radical (unpaired) electrons. The maximum atomic E-state index is 5.35. The van der Waals surface area contributed by atoms with Crippen LogP contribution in [0, 0.1) is 0 Å². The number of hydrogen-bond acceptors (Lipinski definition) is 5. The molecule has 1 aromatic heterocycles. The van der Waals surface area contributed by atoms with E-state index in [0.717, 1.165) is 42.8 Å². The van der Waals surface area contributed by atoms with Gasteiger partial charge in [0, 0.05) is 39.7 Å². The van der Waals surface area contributed by atoms with Gasteiger partial charge in [0.2, 0.25) is 0 Å². The van der Waals surface area contributed by atoms with E-state index in [1.807, 2.05) is 21.0 Å². The minimum atomic E-state index is 0.0279. The fourth-order valence-corrected chi connectivity index (χ4v) is 3.95. The Hall–Kier alpha value is -1.96. The van der Waals surface area contributed by atoms with Gasteiger partial charge in [-0.2, -0.15) is 0 Å². The maximum Gasteiger partial charge on any atom is 0.194 e. The van der Waals surface area contributed by atoms with E-state index in [1.165, 1.54) is 11.1 Å². The van der Waals surface area contributed by atoms with Gasteiger partial charge in [-0.1, -0.05) is 38.1 Å². The first-order valence-corrected chi connectivity index (χ1v) is 11.1. The molecule has 6 nitrogen and oxygen atoms in total.